The molecule has 0 unspecified atom stereocenters. The van der Waals surface area contributed by atoms with Crippen LogP contribution in [0.15, 0.2) is 12.1 Å². The summed E-state index contributed by atoms with van der Waals surface area (Å²) < 4.78 is 0. The monoisotopic (exact) mass is 313 g/mol. The normalized spacial score (nSPS) is 10.2. The van der Waals surface area contributed by atoms with Crippen molar-refractivity contribution in [2.75, 3.05) is 19.6 Å². The van der Waals surface area contributed by atoms with E-state index in [-0.39, 0.29) is 5.56 Å². The summed E-state index contributed by atoms with van der Waals surface area (Å²) in [6, 6.07) is 1.56. The van der Waals surface area contributed by atoms with Gasteiger partial charge in [-0.2, -0.15) is 0 Å². The number of carboxylic acid groups (broad SMARTS) is 1. The van der Waals surface area contributed by atoms with Crippen molar-refractivity contribution in [1.29, 1.82) is 0 Å². The Morgan fingerprint density at radius 2 is 1.36 bits per heavy atom. The SMILES string of the molecule is CCC[NH+](CCC)CCC.O=C(O)c1cc(O)c([O-])c(O)c1. The van der Waals surface area contributed by atoms with E-state index in [0.29, 0.717) is 0 Å². The number of phenols is 2. The van der Waals surface area contributed by atoms with Crippen LogP contribution < -0.4 is 10.0 Å². The minimum absolute atomic E-state index is 0.329. The van der Waals surface area contributed by atoms with Crippen molar-refractivity contribution < 1.29 is 30.1 Å². The minimum atomic E-state index is -1.32. The van der Waals surface area contributed by atoms with Gasteiger partial charge in [-0.25, -0.2) is 4.79 Å². The lowest BCUT2D eigenvalue weighted by Crippen LogP contribution is -3.11. The van der Waals surface area contributed by atoms with Crippen molar-refractivity contribution in [1.82, 2.24) is 0 Å². The summed E-state index contributed by atoms with van der Waals surface area (Å²) in [5.74, 6) is -3.83. The zero-order valence-electron chi connectivity index (χ0n) is 13.6. The predicted octanol–water partition coefficient (Wildman–Crippen LogP) is 0.971. The molecular formula is C16H27NO5. The summed E-state index contributed by atoms with van der Waals surface area (Å²) in [5, 5.41) is 36.6. The van der Waals surface area contributed by atoms with Gasteiger partial charge in [0.2, 0.25) is 0 Å². The highest BCUT2D eigenvalue weighted by atomic mass is 16.4. The van der Waals surface area contributed by atoms with Crippen molar-refractivity contribution in [3.05, 3.63) is 17.7 Å². The van der Waals surface area contributed by atoms with Gasteiger partial charge in [0.15, 0.2) is 0 Å². The Morgan fingerprint density at radius 1 is 1.00 bits per heavy atom. The molecule has 1 aromatic rings. The summed E-state index contributed by atoms with van der Waals surface area (Å²) in [4.78, 5) is 12.1. The molecule has 4 N–H and O–H groups in total. The molecule has 1 aromatic carbocycles. The maximum atomic E-state index is 10.7. The van der Waals surface area contributed by atoms with Gasteiger partial charge < -0.3 is 25.3 Å². The number of carbonyl (C=O) groups is 1. The van der Waals surface area contributed by atoms with Crippen molar-refractivity contribution in [3.8, 4) is 17.2 Å². The van der Waals surface area contributed by atoms with Crippen LogP contribution >= 0.6 is 0 Å². The molecule has 0 aliphatic rings. The third kappa shape index (κ3) is 7.17. The van der Waals surface area contributed by atoms with Gasteiger partial charge in [-0.3, -0.25) is 0 Å². The Kier molecular flexibility index (Phi) is 9.78. The van der Waals surface area contributed by atoms with Crippen molar-refractivity contribution >= 4 is 5.97 Å². The third-order valence-corrected chi connectivity index (χ3v) is 3.11. The molecule has 0 bridgehead atoms. The highest BCUT2D eigenvalue weighted by molar-refractivity contribution is 5.89. The molecule has 126 valence electrons. The minimum Gasteiger partial charge on any atom is -0.867 e. The van der Waals surface area contributed by atoms with E-state index < -0.39 is 23.2 Å². The molecule has 1 rings (SSSR count). The quantitative estimate of drug-likeness (QED) is 0.600. The fourth-order valence-electron chi connectivity index (χ4n) is 2.16. The van der Waals surface area contributed by atoms with Crippen LogP contribution in [0.1, 0.15) is 50.4 Å². The maximum absolute atomic E-state index is 10.7. The fourth-order valence-corrected chi connectivity index (χ4v) is 2.16. The number of aromatic carboxylic acids is 1. The van der Waals surface area contributed by atoms with Crippen LogP contribution in [-0.4, -0.2) is 40.9 Å². The summed E-state index contributed by atoms with van der Waals surface area (Å²) in [7, 11) is 0. The van der Waals surface area contributed by atoms with E-state index in [0.717, 1.165) is 12.1 Å². The first kappa shape index (κ1) is 20.1. The highest BCUT2D eigenvalue weighted by Gasteiger charge is 2.07. The van der Waals surface area contributed by atoms with Gasteiger partial charge in [-0.1, -0.05) is 20.8 Å². The lowest BCUT2D eigenvalue weighted by molar-refractivity contribution is -0.900. The summed E-state index contributed by atoms with van der Waals surface area (Å²) in [5.41, 5.74) is -0.329. The molecule has 0 saturated carbocycles. The van der Waals surface area contributed by atoms with Crippen molar-refractivity contribution in [3.63, 3.8) is 0 Å². The van der Waals surface area contributed by atoms with Crippen LogP contribution in [0.25, 0.3) is 0 Å². The molecule has 0 spiro atoms. The lowest BCUT2D eigenvalue weighted by Gasteiger charge is -2.16. The molecule has 0 aliphatic heterocycles. The molecule has 6 heteroatoms. The molecule has 22 heavy (non-hydrogen) atoms. The molecule has 6 nitrogen and oxygen atoms in total. The second-order valence-electron chi connectivity index (χ2n) is 5.15. The first-order chi connectivity index (χ1) is 10.4. The van der Waals surface area contributed by atoms with Crippen LogP contribution in [0.3, 0.4) is 0 Å². The van der Waals surface area contributed by atoms with Gasteiger partial charge in [0.1, 0.15) is 11.5 Å². The number of carboxylic acids is 1. The van der Waals surface area contributed by atoms with Gasteiger partial charge in [0, 0.05) is 0 Å². The fraction of sp³-hybridized carbons (Fsp3) is 0.562. The number of hydrogen-bond donors (Lipinski definition) is 4. The second-order valence-corrected chi connectivity index (χ2v) is 5.15. The smallest absolute Gasteiger partial charge is 0.335 e. The number of nitrogens with one attached hydrogen (secondary N) is 1. The molecule has 0 aliphatic carbocycles. The van der Waals surface area contributed by atoms with E-state index in [2.05, 4.69) is 20.8 Å². The summed E-state index contributed by atoms with van der Waals surface area (Å²) >= 11 is 0. The first-order valence-corrected chi connectivity index (χ1v) is 7.67. The van der Waals surface area contributed by atoms with Crippen LogP contribution in [0.2, 0.25) is 0 Å². The highest BCUT2D eigenvalue weighted by Crippen LogP contribution is 2.32. The zero-order valence-corrected chi connectivity index (χ0v) is 13.6. The summed E-state index contributed by atoms with van der Waals surface area (Å²) in [6.07, 6.45) is 3.99. The van der Waals surface area contributed by atoms with Crippen LogP contribution in [0.5, 0.6) is 17.2 Å². The third-order valence-electron chi connectivity index (χ3n) is 3.11. The Bertz CT molecular complexity index is 425. The zero-order chi connectivity index (χ0) is 17.1. The average Bonchev–Trinajstić information content (AvgIpc) is 2.45. The van der Waals surface area contributed by atoms with Gasteiger partial charge in [-0.15, -0.1) is 0 Å². The van der Waals surface area contributed by atoms with E-state index in [4.69, 9.17) is 15.3 Å². The molecule has 0 atom stereocenters. The lowest BCUT2D eigenvalue weighted by atomic mass is 10.2. The number of phenolic OH excluding ortho intramolecular Hbond substituents is 2. The van der Waals surface area contributed by atoms with Crippen LogP contribution in [0.4, 0.5) is 0 Å². The molecular weight excluding hydrogens is 286 g/mol. The van der Waals surface area contributed by atoms with Crippen molar-refractivity contribution in [2.24, 2.45) is 0 Å². The van der Waals surface area contributed by atoms with Crippen LogP contribution in [-0.2, 0) is 0 Å². The molecule has 0 amide bonds. The number of quaternary nitrogens is 1. The maximum Gasteiger partial charge on any atom is 0.335 e. The van der Waals surface area contributed by atoms with Gasteiger partial charge in [0.05, 0.1) is 25.2 Å². The number of hydrogen-bond acceptors (Lipinski definition) is 4. The number of rotatable bonds is 7. The Morgan fingerprint density at radius 3 is 1.64 bits per heavy atom. The second kappa shape index (κ2) is 10.7. The van der Waals surface area contributed by atoms with Gasteiger partial charge in [0.25, 0.3) is 0 Å². The van der Waals surface area contributed by atoms with E-state index in [1.54, 1.807) is 4.90 Å². The number of aromatic hydroxyl groups is 2. The van der Waals surface area contributed by atoms with Gasteiger partial charge >= 0.3 is 5.97 Å². The molecule has 0 radical (unpaired) electrons. The molecule has 0 heterocycles. The van der Waals surface area contributed by atoms with Crippen molar-refractivity contribution in [2.45, 2.75) is 40.0 Å². The first-order valence-electron chi connectivity index (χ1n) is 7.67. The molecule has 0 aromatic heterocycles. The topological polar surface area (TPSA) is 105 Å². The standard InChI is InChI=1S/C9H21N.C7H6O5/c1-4-7-10(8-5-2)9-6-3;8-4-1-3(7(11)12)2-5(9)6(4)10/h4-9H2,1-3H3;1-2,8-10H,(H,11,12). The van der Waals surface area contributed by atoms with Gasteiger partial charge in [-0.05, 0) is 37.1 Å². The van der Waals surface area contributed by atoms with Crippen LogP contribution in [0, 0.1) is 0 Å². The average molecular weight is 313 g/mol. The Hall–Kier alpha value is -1.95. The summed E-state index contributed by atoms with van der Waals surface area (Å²) in [6.45, 7) is 10.9. The molecule has 0 saturated heterocycles. The number of benzene rings is 1. The largest absolute Gasteiger partial charge is 0.867 e. The predicted molar refractivity (Wildman–Crippen MR) is 82.6 cm³/mol. The van der Waals surface area contributed by atoms with E-state index in [1.165, 1.54) is 38.9 Å². The van der Waals surface area contributed by atoms with E-state index in [9.17, 15) is 9.90 Å². The Labute approximate surface area is 131 Å². The Balaban J connectivity index is 0.000000409. The molecule has 0 fully saturated rings. The van der Waals surface area contributed by atoms with E-state index in [1.807, 2.05) is 0 Å². The van der Waals surface area contributed by atoms with E-state index >= 15 is 0 Å².